The summed E-state index contributed by atoms with van der Waals surface area (Å²) in [6, 6.07) is 4.00. The van der Waals surface area contributed by atoms with Gasteiger partial charge < -0.3 is 5.11 Å². The van der Waals surface area contributed by atoms with Crippen LogP contribution in [0.15, 0.2) is 27.6 Å². The van der Waals surface area contributed by atoms with Gasteiger partial charge in [-0.2, -0.15) is 0 Å². The zero-order valence-corrected chi connectivity index (χ0v) is 14.9. The first-order valence-corrected chi connectivity index (χ1v) is 8.71. The highest BCUT2D eigenvalue weighted by Gasteiger charge is 2.31. The van der Waals surface area contributed by atoms with Crippen LogP contribution in [-0.4, -0.2) is 25.5 Å². The molecule has 0 radical (unpaired) electrons. The number of hydrogen-bond acceptors (Lipinski definition) is 3. The van der Waals surface area contributed by atoms with E-state index in [0.29, 0.717) is 0 Å². The second-order valence-corrected chi connectivity index (χ2v) is 8.62. The van der Waals surface area contributed by atoms with Crippen molar-refractivity contribution < 1.29 is 18.3 Å². The first-order valence-electron chi connectivity index (χ1n) is 6.44. The van der Waals surface area contributed by atoms with E-state index in [2.05, 4.69) is 20.7 Å². The topological polar surface area (TPSA) is 83.5 Å². The monoisotopic (exact) mass is 377 g/mol. The van der Waals surface area contributed by atoms with Crippen LogP contribution < -0.4 is 4.72 Å². The van der Waals surface area contributed by atoms with Crippen molar-refractivity contribution in [2.45, 2.75) is 45.1 Å². The molecule has 0 aliphatic carbocycles. The van der Waals surface area contributed by atoms with E-state index in [9.17, 15) is 13.2 Å². The minimum Gasteiger partial charge on any atom is -0.481 e. The van der Waals surface area contributed by atoms with Gasteiger partial charge in [0.15, 0.2) is 0 Å². The summed E-state index contributed by atoms with van der Waals surface area (Å²) >= 11 is 3.32. The van der Waals surface area contributed by atoms with Crippen molar-refractivity contribution in [2.24, 2.45) is 5.41 Å². The summed E-state index contributed by atoms with van der Waals surface area (Å²) < 4.78 is 28.2. The number of carbonyl (C=O) groups is 1. The summed E-state index contributed by atoms with van der Waals surface area (Å²) in [5.74, 6) is -1.04. The van der Waals surface area contributed by atoms with E-state index in [1.54, 1.807) is 39.8 Å². The smallest absolute Gasteiger partial charge is 0.304 e. The number of rotatable bonds is 5. The molecule has 7 heteroatoms. The van der Waals surface area contributed by atoms with E-state index in [1.807, 2.05) is 0 Å². The molecule has 0 aliphatic rings. The zero-order valence-electron chi connectivity index (χ0n) is 12.5. The van der Waals surface area contributed by atoms with Gasteiger partial charge in [0.05, 0.1) is 11.3 Å². The van der Waals surface area contributed by atoms with Crippen LogP contribution in [-0.2, 0) is 14.8 Å². The maximum Gasteiger partial charge on any atom is 0.304 e. The molecule has 118 valence electrons. The Labute approximate surface area is 133 Å². The van der Waals surface area contributed by atoms with E-state index < -0.39 is 27.4 Å². The Kier molecular flexibility index (Phi) is 5.57. The molecule has 0 fully saturated rings. The van der Waals surface area contributed by atoms with Crippen LogP contribution in [0.25, 0.3) is 0 Å². The second kappa shape index (κ2) is 6.46. The average Bonchev–Trinajstić information content (AvgIpc) is 2.29. The van der Waals surface area contributed by atoms with Crippen molar-refractivity contribution in [3.05, 3.63) is 28.2 Å². The first-order chi connectivity index (χ1) is 9.43. The molecule has 1 atom stereocenters. The fraction of sp³-hybridized carbons (Fsp3) is 0.500. The summed E-state index contributed by atoms with van der Waals surface area (Å²) in [6.07, 6.45) is -0.266. The number of sulfonamides is 1. The van der Waals surface area contributed by atoms with Crippen LogP contribution in [0, 0.1) is 12.3 Å². The minimum absolute atomic E-state index is 0.128. The van der Waals surface area contributed by atoms with Crippen LogP contribution in [0.2, 0.25) is 0 Å². The van der Waals surface area contributed by atoms with Crippen LogP contribution in [0.3, 0.4) is 0 Å². The lowest BCUT2D eigenvalue weighted by atomic mass is 9.85. The van der Waals surface area contributed by atoms with Gasteiger partial charge in [-0.15, -0.1) is 0 Å². The highest BCUT2D eigenvalue weighted by atomic mass is 79.9. The van der Waals surface area contributed by atoms with E-state index in [1.165, 1.54) is 6.07 Å². The lowest BCUT2D eigenvalue weighted by molar-refractivity contribution is -0.138. The van der Waals surface area contributed by atoms with Crippen molar-refractivity contribution in [3.63, 3.8) is 0 Å². The Morgan fingerprint density at radius 3 is 2.38 bits per heavy atom. The third kappa shape index (κ3) is 5.09. The summed E-state index contributed by atoms with van der Waals surface area (Å²) in [5, 5.41) is 8.95. The molecule has 0 spiro atoms. The highest BCUT2D eigenvalue weighted by molar-refractivity contribution is 9.10. The van der Waals surface area contributed by atoms with E-state index >= 15 is 0 Å². The van der Waals surface area contributed by atoms with Gasteiger partial charge in [-0.3, -0.25) is 4.79 Å². The molecule has 1 unspecified atom stereocenters. The van der Waals surface area contributed by atoms with Gasteiger partial charge in [-0.25, -0.2) is 13.1 Å². The van der Waals surface area contributed by atoms with Gasteiger partial charge in [0.2, 0.25) is 10.0 Å². The predicted molar refractivity (Wildman–Crippen MR) is 84.7 cm³/mol. The summed E-state index contributed by atoms with van der Waals surface area (Å²) in [5.41, 5.74) is 0.291. The predicted octanol–water partition coefficient (Wildman–Crippen LogP) is 2.93. The summed E-state index contributed by atoms with van der Waals surface area (Å²) in [7, 11) is -3.76. The average molecular weight is 378 g/mol. The number of aliphatic carboxylic acids is 1. The largest absolute Gasteiger partial charge is 0.481 e. The van der Waals surface area contributed by atoms with Crippen molar-refractivity contribution in [3.8, 4) is 0 Å². The summed E-state index contributed by atoms with van der Waals surface area (Å²) in [4.78, 5) is 11.1. The Balaban J connectivity index is 3.11. The van der Waals surface area contributed by atoms with E-state index in [-0.39, 0.29) is 11.3 Å². The third-order valence-corrected chi connectivity index (χ3v) is 5.52. The SMILES string of the molecule is Cc1cc(S(=O)(=O)NC(CC(=O)O)C(C)(C)C)ccc1Br. The normalized spacial score (nSPS) is 14.0. The number of carboxylic acid groups (broad SMARTS) is 1. The molecule has 0 aliphatic heterocycles. The molecule has 1 rings (SSSR count). The Bertz CT molecular complexity index is 635. The number of nitrogens with one attached hydrogen (secondary N) is 1. The molecular weight excluding hydrogens is 358 g/mol. The maximum absolute atomic E-state index is 12.4. The van der Waals surface area contributed by atoms with E-state index in [4.69, 9.17) is 5.11 Å². The van der Waals surface area contributed by atoms with Crippen molar-refractivity contribution in [1.82, 2.24) is 4.72 Å². The van der Waals surface area contributed by atoms with Crippen molar-refractivity contribution in [1.29, 1.82) is 0 Å². The molecule has 21 heavy (non-hydrogen) atoms. The Morgan fingerprint density at radius 2 is 1.95 bits per heavy atom. The van der Waals surface area contributed by atoms with Gasteiger partial charge in [0.1, 0.15) is 0 Å². The summed E-state index contributed by atoms with van der Waals surface area (Å²) in [6.45, 7) is 7.20. The third-order valence-electron chi connectivity index (χ3n) is 3.16. The number of carboxylic acids is 1. The number of aryl methyl sites for hydroxylation is 1. The molecule has 0 heterocycles. The Morgan fingerprint density at radius 1 is 1.38 bits per heavy atom. The zero-order chi connectivity index (χ0) is 16.4. The van der Waals surface area contributed by atoms with Crippen LogP contribution in [0.1, 0.15) is 32.8 Å². The molecule has 1 aromatic rings. The lowest BCUT2D eigenvalue weighted by Gasteiger charge is -2.30. The van der Waals surface area contributed by atoms with E-state index in [0.717, 1.165) is 10.0 Å². The van der Waals surface area contributed by atoms with Gasteiger partial charge >= 0.3 is 5.97 Å². The van der Waals surface area contributed by atoms with Crippen molar-refractivity contribution in [2.75, 3.05) is 0 Å². The quantitative estimate of drug-likeness (QED) is 0.825. The molecular formula is C14H20BrNO4S. The van der Waals surface area contributed by atoms with Gasteiger partial charge in [0, 0.05) is 10.5 Å². The first kappa shape index (κ1) is 18.1. The molecule has 0 aromatic heterocycles. The molecule has 0 amide bonds. The van der Waals surface area contributed by atoms with Gasteiger partial charge in [-0.05, 0) is 36.1 Å². The standard InChI is InChI=1S/C14H20BrNO4S/c1-9-7-10(5-6-11(9)15)21(19,20)16-12(8-13(17)18)14(2,3)4/h5-7,12,16H,8H2,1-4H3,(H,17,18). The molecule has 5 nitrogen and oxygen atoms in total. The maximum atomic E-state index is 12.4. The minimum atomic E-state index is -3.76. The number of halogens is 1. The molecule has 0 saturated heterocycles. The fourth-order valence-electron chi connectivity index (χ4n) is 1.74. The molecule has 2 N–H and O–H groups in total. The van der Waals surface area contributed by atoms with Crippen LogP contribution >= 0.6 is 15.9 Å². The number of benzene rings is 1. The van der Waals surface area contributed by atoms with Gasteiger partial charge in [0.25, 0.3) is 0 Å². The molecule has 0 saturated carbocycles. The highest BCUT2D eigenvalue weighted by Crippen LogP contribution is 2.25. The second-order valence-electron chi connectivity index (χ2n) is 6.05. The lowest BCUT2D eigenvalue weighted by Crippen LogP contribution is -2.44. The number of hydrogen-bond donors (Lipinski definition) is 2. The Hall–Kier alpha value is -0.920. The van der Waals surface area contributed by atoms with Crippen LogP contribution in [0.5, 0.6) is 0 Å². The van der Waals surface area contributed by atoms with Crippen LogP contribution in [0.4, 0.5) is 0 Å². The van der Waals surface area contributed by atoms with Crippen molar-refractivity contribution >= 4 is 31.9 Å². The molecule has 0 bridgehead atoms. The fourth-order valence-corrected chi connectivity index (χ4v) is 3.51. The van der Waals surface area contributed by atoms with Gasteiger partial charge in [-0.1, -0.05) is 36.7 Å². The molecule has 1 aromatic carbocycles.